The second-order valence-electron chi connectivity index (χ2n) is 5.05. The van der Waals surface area contributed by atoms with Crippen LogP contribution in [0.25, 0.3) is 0 Å². The summed E-state index contributed by atoms with van der Waals surface area (Å²) in [4.78, 5) is 23.0. The predicted molar refractivity (Wildman–Crippen MR) is 76.0 cm³/mol. The van der Waals surface area contributed by atoms with Crippen LogP contribution in [0.3, 0.4) is 0 Å². The van der Waals surface area contributed by atoms with Gasteiger partial charge in [-0.25, -0.2) is 0 Å². The van der Waals surface area contributed by atoms with Crippen LogP contribution >= 0.6 is 15.9 Å². The van der Waals surface area contributed by atoms with Crippen molar-refractivity contribution in [1.82, 2.24) is 0 Å². The zero-order valence-electron chi connectivity index (χ0n) is 10.6. The van der Waals surface area contributed by atoms with E-state index in [0.717, 1.165) is 15.7 Å². The monoisotopic (exact) mass is 325 g/mol. The summed E-state index contributed by atoms with van der Waals surface area (Å²) in [7, 11) is 0. The van der Waals surface area contributed by atoms with E-state index in [0.29, 0.717) is 19.3 Å². The Hall–Kier alpha value is -1.36. The molecular weight excluding hydrogens is 310 g/mol. The van der Waals surface area contributed by atoms with Gasteiger partial charge in [-0.2, -0.15) is 0 Å². The molecule has 1 fully saturated rings. The lowest BCUT2D eigenvalue weighted by molar-refractivity contribution is -0.141. The van der Waals surface area contributed by atoms with Crippen molar-refractivity contribution < 1.29 is 14.7 Å². The molecule has 0 heterocycles. The van der Waals surface area contributed by atoms with Crippen LogP contribution in [0, 0.1) is 18.8 Å². The van der Waals surface area contributed by atoms with Crippen LogP contribution in [-0.4, -0.2) is 17.0 Å². The third kappa shape index (κ3) is 3.56. The molecular formula is C14H16BrNO3. The van der Waals surface area contributed by atoms with Gasteiger partial charge < -0.3 is 10.4 Å². The maximum Gasteiger partial charge on any atom is 0.306 e. The zero-order valence-corrected chi connectivity index (χ0v) is 12.2. The SMILES string of the molecule is Cc1cc(Br)cc(NC(=O)C2CCC(C(=O)O)C2)c1. The van der Waals surface area contributed by atoms with Gasteiger partial charge in [0.15, 0.2) is 0 Å². The lowest BCUT2D eigenvalue weighted by Gasteiger charge is -2.11. The summed E-state index contributed by atoms with van der Waals surface area (Å²) in [6, 6.07) is 5.70. The normalized spacial score (nSPS) is 22.2. The van der Waals surface area contributed by atoms with Crippen molar-refractivity contribution in [3.63, 3.8) is 0 Å². The standard InChI is InChI=1S/C14H16BrNO3/c1-8-4-11(15)7-12(5-8)16-13(17)9-2-3-10(6-9)14(18)19/h4-5,7,9-10H,2-3,6H2,1H3,(H,16,17)(H,18,19). The summed E-state index contributed by atoms with van der Waals surface area (Å²) in [5.74, 6) is -1.45. The minimum absolute atomic E-state index is 0.0822. The second-order valence-corrected chi connectivity index (χ2v) is 5.97. The van der Waals surface area contributed by atoms with Crippen molar-refractivity contribution in [3.8, 4) is 0 Å². The van der Waals surface area contributed by atoms with Gasteiger partial charge in [-0.1, -0.05) is 15.9 Å². The van der Waals surface area contributed by atoms with Crippen molar-refractivity contribution in [2.75, 3.05) is 5.32 Å². The Morgan fingerprint density at radius 3 is 2.53 bits per heavy atom. The van der Waals surface area contributed by atoms with E-state index in [1.54, 1.807) is 0 Å². The van der Waals surface area contributed by atoms with Gasteiger partial charge in [-0.05, 0) is 49.9 Å². The van der Waals surface area contributed by atoms with Crippen molar-refractivity contribution in [2.45, 2.75) is 26.2 Å². The maximum absolute atomic E-state index is 12.1. The number of carbonyl (C=O) groups is 2. The van der Waals surface area contributed by atoms with Crippen molar-refractivity contribution in [1.29, 1.82) is 0 Å². The second kappa shape index (κ2) is 5.74. The molecule has 0 spiro atoms. The average molecular weight is 326 g/mol. The fraction of sp³-hybridized carbons (Fsp3) is 0.429. The highest BCUT2D eigenvalue weighted by molar-refractivity contribution is 9.10. The molecule has 2 N–H and O–H groups in total. The number of aliphatic carboxylic acids is 1. The molecule has 1 aromatic rings. The van der Waals surface area contributed by atoms with Gasteiger partial charge >= 0.3 is 5.97 Å². The van der Waals surface area contributed by atoms with E-state index < -0.39 is 5.97 Å². The number of hydrogen-bond acceptors (Lipinski definition) is 2. The number of carboxylic acid groups (broad SMARTS) is 1. The highest BCUT2D eigenvalue weighted by Gasteiger charge is 2.33. The molecule has 102 valence electrons. The van der Waals surface area contributed by atoms with Crippen LogP contribution in [0.2, 0.25) is 0 Å². The molecule has 2 unspecified atom stereocenters. The number of aryl methyl sites for hydroxylation is 1. The summed E-state index contributed by atoms with van der Waals surface area (Å²) >= 11 is 3.39. The molecule has 0 aliphatic heterocycles. The molecule has 4 nitrogen and oxygen atoms in total. The van der Waals surface area contributed by atoms with Gasteiger partial charge in [-0.3, -0.25) is 9.59 Å². The summed E-state index contributed by atoms with van der Waals surface area (Å²) in [5, 5.41) is 11.8. The highest BCUT2D eigenvalue weighted by Crippen LogP contribution is 2.32. The largest absolute Gasteiger partial charge is 0.481 e. The van der Waals surface area contributed by atoms with Crippen LogP contribution in [0.1, 0.15) is 24.8 Å². The Balaban J connectivity index is 2.00. The first-order chi connectivity index (χ1) is 8.95. The van der Waals surface area contributed by atoms with Crippen LogP contribution in [0.15, 0.2) is 22.7 Å². The lowest BCUT2D eigenvalue weighted by atomic mass is 10.0. The lowest BCUT2D eigenvalue weighted by Crippen LogP contribution is -2.21. The molecule has 0 saturated heterocycles. The van der Waals surface area contributed by atoms with Crippen LogP contribution in [0.5, 0.6) is 0 Å². The fourth-order valence-corrected chi connectivity index (χ4v) is 3.10. The third-order valence-electron chi connectivity index (χ3n) is 3.46. The molecule has 1 aromatic carbocycles. The molecule has 5 heteroatoms. The Bertz CT molecular complexity index is 495. The van der Waals surface area contributed by atoms with Crippen LogP contribution in [0.4, 0.5) is 5.69 Å². The molecule has 2 atom stereocenters. The number of carbonyl (C=O) groups excluding carboxylic acids is 1. The molecule has 1 amide bonds. The molecule has 1 saturated carbocycles. The molecule has 1 aliphatic carbocycles. The average Bonchev–Trinajstić information content (AvgIpc) is 2.76. The number of anilines is 1. The number of benzene rings is 1. The summed E-state index contributed by atoms with van der Waals surface area (Å²) in [5.41, 5.74) is 1.80. The van der Waals surface area contributed by atoms with E-state index in [-0.39, 0.29) is 17.7 Å². The minimum Gasteiger partial charge on any atom is -0.481 e. The predicted octanol–water partition coefficient (Wildman–Crippen LogP) is 3.20. The molecule has 2 rings (SSSR count). The van der Waals surface area contributed by atoms with Gasteiger partial charge in [-0.15, -0.1) is 0 Å². The third-order valence-corrected chi connectivity index (χ3v) is 3.92. The highest BCUT2D eigenvalue weighted by atomic mass is 79.9. The van der Waals surface area contributed by atoms with E-state index in [2.05, 4.69) is 21.2 Å². The number of rotatable bonds is 3. The Morgan fingerprint density at radius 1 is 1.26 bits per heavy atom. The first-order valence-corrected chi connectivity index (χ1v) is 7.06. The summed E-state index contributed by atoms with van der Waals surface area (Å²) < 4.78 is 0.914. The van der Waals surface area contributed by atoms with Gasteiger partial charge in [0.25, 0.3) is 0 Å². The van der Waals surface area contributed by atoms with Crippen molar-refractivity contribution in [2.24, 2.45) is 11.8 Å². The van der Waals surface area contributed by atoms with E-state index in [9.17, 15) is 9.59 Å². The maximum atomic E-state index is 12.1. The van der Waals surface area contributed by atoms with Crippen molar-refractivity contribution in [3.05, 3.63) is 28.2 Å². The molecule has 0 bridgehead atoms. The van der Waals surface area contributed by atoms with Crippen molar-refractivity contribution >= 4 is 33.5 Å². The van der Waals surface area contributed by atoms with Gasteiger partial charge in [0.1, 0.15) is 0 Å². The van der Waals surface area contributed by atoms with E-state index in [1.165, 1.54) is 0 Å². The number of carboxylic acids is 1. The smallest absolute Gasteiger partial charge is 0.306 e. The van der Waals surface area contributed by atoms with E-state index in [4.69, 9.17) is 5.11 Å². The molecule has 1 aliphatic rings. The number of nitrogens with one attached hydrogen (secondary N) is 1. The molecule has 19 heavy (non-hydrogen) atoms. The Labute approximate surface area is 120 Å². The Morgan fingerprint density at radius 2 is 1.95 bits per heavy atom. The fourth-order valence-electron chi connectivity index (χ4n) is 2.50. The number of amides is 1. The summed E-state index contributed by atoms with van der Waals surface area (Å²) in [6.45, 7) is 1.95. The minimum atomic E-state index is -0.798. The van der Waals surface area contributed by atoms with Gasteiger partial charge in [0, 0.05) is 16.1 Å². The first kappa shape index (κ1) is 14.1. The first-order valence-electron chi connectivity index (χ1n) is 6.26. The van der Waals surface area contributed by atoms with E-state index in [1.807, 2.05) is 25.1 Å². The molecule has 0 aromatic heterocycles. The number of halogens is 1. The number of hydrogen-bond donors (Lipinski definition) is 2. The van der Waals surface area contributed by atoms with Gasteiger partial charge in [0.2, 0.25) is 5.91 Å². The van der Waals surface area contributed by atoms with Gasteiger partial charge in [0.05, 0.1) is 5.92 Å². The van der Waals surface area contributed by atoms with Crippen LogP contribution < -0.4 is 5.32 Å². The quantitative estimate of drug-likeness (QED) is 0.896. The zero-order chi connectivity index (χ0) is 14.0. The van der Waals surface area contributed by atoms with E-state index >= 15 is 0 Å². The molecule has 0 radical (unpaired) electrons. The topological polar surface area (TPSA) is 66.4 Å². The van der Waals surface area contributed by atoms with Crippen LogP contribution in [-0.2, 0) is 9.59 Å². The Kier molecular flexibility index (Phi) is 4.24. The summed E-state index contributed by atoms with van der Waals surface area (Å²) in [6.07, 6.45) is 1.68.